The summed E-state index contributed by atoms with van der Waals surface area (Å²) in [5, 5.41) is 102. The second-order valence-corrected chi connectivity index (χ2v) is 9.61. The van der Waals surface area contributed by atoms with Gasteiger partial charge in [0, 0.05) is 0 Å². The van der Waals surface area contributed by atoms with Crippen LogP contribution < -0.4 is 0 Å². The van der Waals surface area contributed by atoms with Crippen LogP contribution in [0.1, 0.15) is 12.8 Å². The second-order valence-electron chi connectivity index (χ2n) is 9.61. The Morgan fingerprint density at radius 3 is 1.51 bits per heavy atom. The molecular weight excluding hydrogens is 532 g/mol. The van der Waals surface area contributed by atoms with Gasteiger partial charge in [-0.3, -0.25) is 0 Å². The molecule has 3 saturated heterocycles. The van der Waals surface area contributed by atoms with Gasteiger partial charge in [-0.15, -0.1) is 6.58 Å². The Balaban J connectivity index is 1.84. The van der Waals surface area contributed by atoms with Gasteiger partial charge in [-0.1, -0.05) is 6.08 Å². The average molecular weight is 573 g/mol. The van der Waals surface area contributed by atoms with Crippen molar-refractivity contribution < 1.29 is 79.5 Å². The fourth-order valence-corrected chi connectivity index (χ4v) is 4.56. The molecule has 0 spiro atoms. The smallest absolute Gasteiger partial charge is 0.187 e. The summed E-state index contributed by atoms with van der Waals surface area (Å²) in [5.74, 6) is 0. The van der Waals surface area contributed by atoms with Gasteiger partial charge in [-0.05, 0) is 12.8 Å². The van der Waals surface area contributed by atoms with Crippen molar-refractivity contribution in [1.29, 1.82) is 0 Å². The Bertz CT molecular complexity index is 743. The number of allylic oxidation sites excluding steroid dienone is 1. The van der Waals surface area contributed by atoms with Gasteiger partial charge in [0.05, 0.1) is 26.4 Å². The van der Waals surface area contributed by atoms with Crippen LogP contribution in [0.3, 0.4) is 0 Å². The van der Waals surface area contributed by atoms with Crippen molar-refractivity contribution in [2.24, 2.45) is 0 Å². The number of hydrogen-bond donors (Lipinski definition) is 10. The van der Waals surface area contributed by atoms with E-state index in [1.54, 1.807) is 6.08 Å². The first kappa shape index (κ1) is 32.6. The van der Waals surface area contributed by atoms with Crippen LogP contribution in [0.25, 0.3) is 0 Å². The molecule has 228 valence electrons. The van der Waals surface area contributed by atoms with Gasteiger partial charge in [0.1, 0.15) is 73.2 Å². The number of aliphatic hydroxyl groups is 10. The summed E-state index contributed by atoms with van der Waals surface area (Å²) in [7, 11) is 0. The van der Waals surface area contributed by atoms with Crippen LogP contribution in [0.2, 0.25) is 0 Å². The van der Waals surface area contributed by atoms with E-state index in [1.807, 2.05) is 0 Å². The molecule has 3 aliphatic heterocycles. The lowest BCUT2D eigenvalue weighted by molar-refractivity contribution is -0.393. The quantitative estimate of drug-likeness (QED) is 0.0772. The summed E-state index contributed by atoms with van der Waals surface area (Å²) in [6, 6.07) is 0. The fourth-order valence-electron chi connectivity index (χ4n) is 4.56. The van der Waals surface area contributed by atoms with Gasteiger partial charge in [-0.25, -0.2) is 0 Å². The molecular formula is C23H40O16. The van der Waals surface area contributed by atoms with Crippen LogP contribution >= 0.6 is 0 Å². The van der Waals surface area contributed by atoms with Gasteiger partial charge in [0.25, 0.3) is 0 Å². The van der Waals surface area contributed by atoms with E-state index in [4.69, 9.17) is 28.4 Å². The van der Waals surface area contributed by atoms with E-state index in [0.29, 0.717) is 12.8 Å². The number of aliphatic hydroxyl groups excluding tert-OH is 10. The standard InChI is InChI=1S/C23H40O16/c1-2-3-4-5-34-22-19(16(31)13(28)10(7-25)36-22)39-23-20(17(32)14(29)11(8-26)37-23)38-21-18(33)15(30)12(27)9(6-24)35-21/h2,9-33H,1,3-8H2/t9?,10?,11?,12-,13-,14-,15?,16?,17?,18?,19?,20?,21+,22+,23-/m1/s1. The molecule has 0 aromatic carbocycles. The van der Waals surface area contributed by atoms with E-state index >= 15 is 0 Å². The van der Waals surface area contributed by atoms with Crippen LogP contribution in [-0.2, 0) is 28.4 Å². The van der Waals surface area contributed by atoms with Crippen molar-refractivity contribution in [2.75, 3.05) is 26.4 Å². The van der Waals surface area contributed by atoms with Crippen LogP contribution in [0.5, 0.6) is 0 Å². The van der Waals surface area contributed by atoms with Crippen molar-refractivity contribution in [3.8, 4) is 0 Å². The largest absolute Gasteiger partial charge is 0.394 e. The zero-order valence-corrected chi connectivity index (χ0v) is 21.1. The summed E-state index contributed by atoms with van der Waals surface area (Å²) in [6.07, 6.45) is -21.6. The maximum Gasteiger partial charge on any atom is 0.187 e. The second kappa shape index (κ2) is 14.8. The molecule has 0 amide bonds. The third-order valence-electron chi connectivity index (χ3n) is 6.91. The Labute approximate surface area is 224 Å². The summed E-state index contributed by atoms with van der Waals surface area (Å²) in [6.45, 7) is 1.53. The lowest BCUT2D eigenvalue weighted by Crippen LogP contribution is -2.67. The molecule has 0 bridgehead atoms. The van der Waals surface area contributed by atoms with Gasteiger partial charge in [0.15, 0.2) is 18.9 Å². The molecule has 3 rings (SSSR count). The van der Waals surface area contributed by atoms with E-state index in [-0.39, 0.29) is 6.61 Å². The molecule has 16 heteroatoms. The Kier molecular flexibility index (Phi) is 12.4. The molecule has 39 heavy (non-hydrogen) atoms. The highest BCUT2D eigenvalue weighted by molar-refractivity contribution is 4.96. The summed E-state index contributed by atoms with van der Waals surface area (Å²) in [4.78, 5) is 0. The first-order chi connectivity index (χ1) is 18.6. The van der Waals surface area contributed by atoms with Gasteiger partial charge in [0.2, 0.25) is 0 Å². The predicted molar refractivity (Wildman–Crippen MR) is 124 cm³/mol. The molecule has 3 fully saturated rings. The molecule has 0 aliphatic carbocycles. The zero-order chi connectivity index (χ0) is 28.9. The maximum absolute atomic E-state index is 10.8. The predicted octanol–water partition coefficient (Wildman–Crippen LogP) is -5.58. The third-order valence-corrected chi connectivity index (χ3v) is 6.91. The topological polar surface area (TPSA) is 258 Å². The Hall–Kier alpha value is -0.900. The van der Waals surface area contributed by atoms with Gasteiger partial charge >= 0.3 is 0 Å². The van der Waals surface area contributed by atoms with Crippen molar-refractivity contribution in [3.05, 3.63) is 12.7 Å². The average Bonchev–Trinajstić information content (AvgIpc) is 2.93. The van der Waals surface area contributed by atoms with E-state index in [2.05, 4.69) is 6.58 Å². The zero-order valence-electron chi connectivity index (χ0n) is 21.1. The SMILES string of the molecule is C=CCCCO[C@H]1OC(CO)[C@@H](O)C(O)C1O[C@H]1OC(CO)[C@@H](O)C(O)C1O[C@@H]1OC(CO)[C@@H](O)C(O)C1O. The highest BCUT2D eigenvalue weighted by atomic mass is 16.8. The van der Waals surface area contributed by atoms with Crippen LogP contribution in [-0.4, -0.2) is 170 Å². The molecule has 3 heterocycles. The molecule has 0 radical (unpaired) electrons. The number of hydrogen-bond acceptors (Lipinski definition) is 16. The van der Waals surface area contributed by atoms with Crippen LogP contribution in [0.15, 0.2) is 12.7 Å². The van der Waals surface area contributed by atoms with Crippen molar-refractivity contribution in [3.63, 3.8) is 0 Å². The molecule has 16 nitrogen and oxygen atoms in total. The molecule has 3 aliphatic rings. The van der Waals surface area contributed by atoms with Crippen LogP contribution in [0, 0.1) is 0 Å². The summed E-state index contributed by atoms with van der Waals surface area (Å²) >= 11 is 0. The van der Waals surface area contributed by atoms with Crippen molar-refractivity contribution in [1.82, 2.24) is 0 Å². The summed E-state index contributed by atoms with van der Waals surface area (Å²) in [5.41, 5.74) is 0. The number of rotatable bonds is 12. The minimum Gasteiger partial charge on any atom is -0.394 e. The van der Waals surface area contributed by atoms with Gasteiger partial charge in [-0.2, -0.15) is 0 Å². The molecule has 10 N–H and O–H groups in total. The summed E-state index contributed by atoms with van der Waals surface area (Å²) < 4.78 is 33.5. The van der Waals surface area contributed by atoms with E-state index in [0.717, 1.165) is 0 Å². The lowest BCUT2D eigenvalue weighted by atomic mass is 9.96. The Morgan fingerprint density at radius 1 is 0.564 bits per heavy atom. The van der Waals surface area contributed by atoms with Crippen LogP contribution in [0.4, 0.5) is 0 Å². The Morgan fingerprint density at radius 2 is 1.00 bits per heavy atom. The van der Waals surface area contributed by atoms with Crippen molar-refractivity contribution in [2.45, 2.75) is 105 Å². The first-order valence-corrected chi connectivity index (χ1v) is 12.7. The molecule has 9 unspecified atom stereocenters. The fraction of sp³-hybridized carbons (Fsp3) is 0.913. The lowest BCUT2D eigenvalue weighted by Gasteiger charge is -2.48. The van der Waals surface area contributed by atoms with Crippen molar-refractivity contribution >= 4 is 0 Å². The minimum absolute atomic E-state index is 0.106. The van der Waals surface area contributed by atoms with E-state index in [9.17, 15) is 51.1 Å². The normalized spacial score (nSPS) is 47.2. The van der Waals surface area contributed by atoms with E-state index < -0.39 is 112 Å². The molecule has 15 atom stereocenters. The molecule has 0 saturated carbocycles. The molecule has 0 aromatic heterocycles. The number of ether oxygens (including phenoxy) is 6. The highest BCUT2D eigenvalue weighted by Gasteiger charge is 2.54. The molecule has 0 aromatic rings. The minimum atomic E-state index is -1.87. The van der Waals surface area contributed by atoms with E-state index in [1.165, 1.54) is 0 Å². The maximum atomic E-state index is 10.8. The van der Waals surface area contributed by atoms with Gasteiger partial charge < -0.3 is 79.5 Å². The first-order valence-electron chi connectivity index (χ1n) is 12.7. The monoisotopic (exact) mass is 572 g/mol. The highest BCUT2D eigenvalue weighted by Crippen LogP contribution is 2.33. The number of unbranched alkanes of at least 4 members (excludes halogenated alkanes) is 1. The third kappa shape index (κ3) is 7.31.